The number of anilines is 1. The van der Waals surface area contributed by atoms with Gasteiger partial charge in [-0.05, 0) is 6.92 Å². The minimum Gasteiger partial charge on any atom is -0.381 e. The molecule has 2 N–H and O–H groups in total. The number of nitrogens with two attached hydrogens (primary N) is 1. The van der Waals surface area contributed by atoms with E-state index in [1.54, 1.807) is 6.20 Å². The molecule has 1 aromatic carbocycles. The van der Waals surface area contributed by atoms with Crippen LogP contribution in [0.4, 0.5) is 5.82 Å². The molecule has 1 aliphatic rings. The van der Waals surface area contributed by atoms with E-state index in [0.717, 1.165) is 23.6 Å². The summed E-state index contributed by atoms with van der Waals surface area (Å²) in [6, 6.07) is 9.98. The van der Waals surface area contributed by atoms with E-state index in [2.05, 4.69) is 14.4 Å². The Morgan fingerprint density at radius 3 is 2.79 bits per heavy atom. The fraction of sp³-hybridized carbons (Fsp3) is 0.154. The Morgan fingerprint density at radius 1 is 1.26 bits per heavy atom. The molecule has 0 unspecified atom stereocenters. The summed E-state index contributed by atoms with van der Waals surface area (Å²) in [5, 5.41) is 0. The Balaban J connectivity index is 2.10. The highest BCUT2D eigenvalue weighted by molar-refractivity contribution is 7.99. The van der Waals surface area contributed by atoms with Crippen LogP contribution in [-0.4, -0.2) is 22.3 Å². The summed E-state index contributed by atoms with van der Waals surface area (Å²) in [6.07, 6.45) is 1.74. The van der Waals surface area contributed by atoms with E-state index in [4.69, 9.17) is 5.73 Å². The Labute approximate surface area is 115 Å². The molecule has 0 radical (unpaired) electrons. The number of hydrogen-bond donors (Lipinski definition) is 1. The minimum absolute atomic E-state index is 0.428. The van der Waals surface area contributed by atoms with Crippen LogP contribution in [0, 0.1) is 0 Å². The SMILES string of the molecule is CCN1SN=C(N)c2ncc(-c3ccccc3)nc21. The first-order chi connectivity index (χ1) is 9.29. The molecular formula is C13H13N5S. The van der Waals surface area contributed by atoms with Crippen molar-refractivity contribution < 1.29 is 0 Å². The molecule has 0 amide bonds. The number of amidine groups is 1. The van der Waals surface area contributed by atoms with E-state index in [0.29, 0.717) is 11.5 Å². The number of aromatic nitrogens is 2. The highest BCUT2D eigenvalue weighted by Crippen LogP contribution is 2.30. The average molecular weight is 271 g/mol. The summed E-state index contributed by atoms with van der Waals surface area (Å²) in [5.41, 5.74) is 8.39. The van der Waals surface area contributed by atoms with Gasteiger partial charge in [0.2, 0.25) is 0 Å². The number of nitrogens with zero attached hydrogens (tertiary/aromatic N) is 4. The van der Waals surface area contributed by atoms with Gasteiger partial charge in [0.15, 0.2) is 11.7 Å². The zero-order valence-electron chi connectivity index (χ0n) is 10.4. The monoisotopic (exact) mass is 271 g/mol. The maximum Gasteiger partial charge on any atom is 0.170 e. The fourth-order valence-electron chi connectivity index (χ4n) is 1.86. The van der Waals surface area contributed by atoms with Crippen molar-refractivity contribution in [2.75, 3.05) is 10.8 Å². The second kappa shape index (κ2) is 4.89. The van der Waals surface area contributed by atoms with E-state index >= 15 is 0 Å². The summed E-state index contributed by atoms with van der Waals surface area (Å²) >= 11 is 1.31. The van der Waals surface area contributed by atoms with Crippen molar-refractivity contribution in [3.05, 3.63) is 42.2 Å². The zero-order valence-corrected chi connectivity index (χ0v) is 11.3. The Kier molecular flexibility index (Phi) is 3.08. The predicted molar refractivity (Wildman–Crippen MR) is 78.8 cm³/mol. The lowest BCUT2D eigenvalue weighted by atomic mass is 10.1. The molecule has 1 aromatic heterocycles. The van der Waals surface area contributed by atoms with Crippen LogP contribution in [0.5, 0.6) is 0 Å². The molecule has 2 heterocycles. The fourth-order valence-corrected chi connectivity index (χ4v) is 2.46. The summed E-state index contributed by atoms with van der Waals surface area (Å²) in [4.78, 5) is 9.07. The first-order valence-corrected chi connectivity index (χ1v) is 6.73. The topological polar surface area (TPSA) is 67.4 Å². The van der Waals surface area contributed by atoms with Crippen LogP contribution < -0.4 is 10.0 Å². The Hall–Kier alpha value is -2.08. The van der Waals surface area contributed by atoms with Crippen LogP contribution in [0.1, 0.15) is 12.6 Å². The number of benzene rings is 1. The van der Waals surface area contributed by atoms with Gasteiger partial charge in [-0.15, -0.1) is 0 Å². The molecule has 2 aromatic rings. The van der Waals surface area contributed by atoms with Gasteiger partial charge in [-0.25, -0.2) is 9.97 Å². The van der Waals surface area contributed by atoms with E-state index in [1.165, 1.54) is 12.1 Å². The summed E-state index contributed by atoms with van der Waals surface area (Å²) in [6.45, 7) is 2.84. The standard InChI is InChI=1S/C13H13N5S/c1-2-18-13-11(12(14)17-19-18)15-8-10(16-13)9-6-4-3-5-7-9/h3-8H,2H2,1H3,(H2,14,17). The summed E-state index contributed by atoms with van der Waals surface area (Å²) < 4.78 is 6.14. The number of rotatable bonds is 2. The molecule has 0 fully saturated rings. The molecule has 1 aliphatic heterocycles. The van der Waals surface area contributed by atoms with Gasteiger partial charge >= 0.3 is 0 Å². The van der Waals surface area contributed by atoms with Crippen LogP contribution in [-0.2, 0) is 0 Å². The van der Waals surface area contributed by atoms with Gasteiger partial charge in [-0.1, -0.05) is 30.3 Å². The second-order valence-electron chi connectivity index (χ2n) is 4.05. The highest BCUT2D eigenvalue weighted by Gasteiger charge is 2.22. The molecule has 0 bridgehead atoms. The van der Waals surface area contributed by atoms with Crippen LogP contribution in [0.3, 0.4) is 0 Å². The van der Waals surface area contributed by atoms with Crippen molar-refractivity contribution >= 4 is 23.8 Å². The maximum atomic E-state index is 5.85. The quantitative estimate of drug-likeness (QED) is 0.848. The summed E-state index contributed by atoms with van der Waals surface area (Å²) in [7, 11) is 0. The summed E-state index contributed by atoms with van der Waals surface area (Å²) in [5.74, 6) is 1.21. The van der Waals surface area contributed by atoms with Gasteiger partial charge in [0, 0.05) is 12.1 Å². The van der Waals surface area contributed by atoms with E-state index in [9.17, 15) is 0 Å². The Morgan fingerprint density at radius 2 is 2.05 bits per heavy atom. The third-order valence-corrected chi connectivity index (χ3v) is 3.73. The average Bonchev–Trinajstić information content (AvgIpc) is 2.48. The molecular weight excluding hydrogens is 258 g/mol. The van der Waals surface area contributed by atoms with Crippen molar-refractivity contribution in [1.82, 2.24) is 9.97 Å². The molecule has 5 nitrogen and oxygen atoms in total. The molecule has 0 saturated heterocycles. The van der Waals surface area contributed by atoms with Gasteiger partial charge in [0.1, 0.15) is 5.69 Å². The van der Waals surface area contributed by atoms with E-state index in [-0.39, 0.29) is 0 Å². The first kappa shape index (κ1) is 12.0. The first-order valence-electron chi connectivity index (χ1n) is 6.00. The lowest BCUT2D eigenvalue weighted by molar-refractivity contribution is 1.03. The van der Waals surface area contributed by atoms with Gasteiger partial charge in [0.25, 0.3) is 0 Å². The van der Waals surface area contributed by atoms with Crippen LogP contribution in [0.15, 0.2) is 40.9 Å². The van der Waals surface area contributed by atoms with Crippen LogP contribution in [0.25, 0.3) is 11.3 Å². The van der Waals surface area contributed by atoms with Gasteiger partial charge < -0.3 is 5.73 Å². The van der Waals surface area contributed by atoms with Crippen molar-refractivity contribution in [1.29, 1.82) is 0 Å². The molecule has 6 heteroatoms. The van der Waals surface area contributed by atoms with Gasteiger partial charge in [-0.2, -0.15) is 4.40 Å². The molecule has 19 heavy (non-hydrogen) atoms. The van der Waals surface area contributed by atoms with Crippen molar-refractivity contribution in [2.24, 2.45) is 10.1 Å². The minimum atomic E-state index is 0.428. The van der Waals surface area contributed by atoms with Gasteiger partial charge in [-0.3, -0.25) is 4.31 Å². The lowest BCUT2D eigenvalue weighted by Crippen LogP contribution is -2.27. The van der Waals surface area contributed by atoms with Crippen molar-refractivity contribution in [2.45, 2.75) is 6.92 Å². The predicted octanol–water partition coefficient (Wildman–Crippen LogP) is 2.25. The van der Waals surface area contributed by atoms with Crippen molar-refractivity contribution in [3.8, 4) is 11.3 Å². The largest absolute Gasteiger partial charge is 0.381 e. The van der Waals surface area contributed by atoms with Gasteiger partial charge in [0.05, 0.1) is 24.0 Å². The molecule has 0 spiro atoms. The zero-order chi connectivity index (χ0) is 13.2. The number of fused-ring (bicyclic) bond motifs is 1. The smallest absolute Gasteiger partial charge is 0.170 e. The molecule has 0 aliphatic carbocycles. The van der Waals surface area contributed by atoms with Crippen LogP contribution >= 0.6 is 12.1 Å². The molecule has 3 rings (SSSR count). The van der Waals surface area contributed by atoms with Crippen LogP contribution in [0.2, 0.25) is 0 Å². The maximum absolute atomic E-state index is 5.85. The Bertz CT molecular complexity index is 626. The third kappa shape index (κ3) is 2.15. The van der Waals surface area contributed by atoms with Crippen molar-refractivity contribution in [3.63, 3.8) is 0 Å². The van der Waals surface area contributed by atoms with E-state index in [1.807, 2.05) is 41.6 Å². The third-order valence-electron chi connectivity index (χ3n) is 2.83. The molecule has 0 saturated carbocycles. The molecule has 96 valence electrons. The van der Waals surface area contributed by atoms with E-state index < -0.39 is 0 Å². The molecule has 0 atom stereocenters. The second-order valence-corrected chi connectivity index (χ2v) is 4.83. The normalized spacial score (nSPS) is 13.9. The number of hydrogen-bond acceptors (Lipinski definition) is 6. The lowest BCUT2D eigenvalue weighted by Gasteiger charge is -2.23. The highest BCUT2D eigenvalue weighted by atomic mass is 32.2.